The highest BCUT2D eigenvalue weighted by molar-refractivity contribution is 5.99. The van der Waals surface area contributed by atoms with E-state index in [4.69, 9.17) is 18.6 Å². The number of aryl methyl sites for hydroxylation is 2. The van der Waals surface area contributed by atoms with Crippen molar-refractivity contribution in [1.29, 1.82) is 0 Å². The van der Waals surface area contributed by atoms with Gasteiger partial charge >= 0.3 is 0 Å². The van der Waals surface area contributed by atoms with Crippen LogP contribution in [0.5, 0.6) is 17.2 Å². The van der Waals surface area contributed by atoms with Crippen molar-refractivity contribution in [3.63, 3.8) is 0 Å². The van der Waals surface area contributed by atoms with Crippen molar-refractivity contribution in [3.05, 3.63) is 98.4 Å². The van der Waals surface area contributed by atoms with Crippen LogP contribution >= 0.6 is 0 Å². The van der Waals surface area contributed by atoms with Gasteiger partial charge in [-0.2, -0.15) is 0 Å². The Morgan fingerprint density at radius 3 is 2.22 bits per heavy atom. The van der Waals surface area contributed by atoms with Gasteiger partial charge in [-0.15, -0.1) is 0 Å². The first kappa shape index (κ1) is 24.4. The van der Waals surface area contributed by atoms with Crippen LogP contribution in [0.3, 0.4) is 0 Å². The molecule has 3 aromatic carbocycles. The molecular weight excluding hydrogens is 470 g/mol. The number of benzene rings is 3. The minimum atomic E-state index is -0.573. The molecule has 0 N–H and O–H groups in total. The molecule has 2 heterocycles. The van der Waals surface area contributed by atoms with Crippen molar-refractivity contribution in [2.45, 2.75) is 26.3 Å². The van der Waals surface area contributed by atoms with Crippen LogP contribution in [0.1, 0.15) is 44.4 Å². The van der Waals surface area contributed by atoms with Gasteiger partial charge in [0.05, 0.1) is 38.3 Å². The Hall–Kier alpha value is -4.26. The molecular formula is C30H29NO6. The van der Waals surface area contributed by atoms with E-state index in [-0.39, 0.29) is 17.1 Å². The predicted molar refractivity (Wildman–Crippen MR) is 141 cm³/mol. The van der Waals surface area contributed by atoms with Gasteiger partial charge in [0, 0.05) is 6.54 Å². The highest BCUT2D eigenvalue weighted by atomic mass is 16.5. The minimum absolute atomic E-state index is 0.105. The Bertz CT molecular complexity index is 1550. The average Bonchev–Trinajstić information content (AvgIpc) is 3.19. The molecule has 1 aliphatic rings. The van der Waals surface area contributed by atoms with Crippen LogP contribution in [0, 0.1) is 13.8 Å². The molecule has 1 unspecified atom stereocenters. The lowest BCUT2D eigenvalue weighted by Crippen LogP contribution is -2.31. The third-order valence-electron chi connectivity index (χ3n) is 7.10. The molecule has 0 radical (unpaired) electrons. The Morgan fingerprint density at radius 2 is 1.54 bits per heavy atom. The van der Waals surface area contributed by atoms with Gasteiger partial charge in [-0.1, -0.05) is 18.2 Å². The predicted octanol–water partition coefficient (Wildman–Crippen LogP) is 5.22. The number of hydrogen-bond donors (Lipinski definition) is 0. The van der Waals surface area contributed by atoms with Crippen molar-refractivity contribution in [2.24, 2.45) is 0 Å². The quantitative estimate of drug-likeness (QED) is 0.347. The third-order valence-corrected chi connectivity index (χ3v) is 7.10. The fourth-order valence-corrected chi connectivity index (χ4v) is 4.92. The molecule has 0 aliphatic carbocycles. The normalized spacial score (nSPS) is 14.7. The summed E-state index contributed by atoms with van der Waals surface area (Å²) in [5.41, 5.74) is 4.41. The van der Waals surface area contributed by atoms with E-state index in [1.807, 2.05) is 68.4 Å². The molecule has 7 heteroatoms. The zero-order valence-corrected chi connectivity index (χ0v) is 21.6. The average molecular weight is 500 g/mol. The first-order valence-electron chi connectivity index (χ1n) is 12.1. The zero-order valence-electron chi connectivity index (χ0n) is 21.6. The summed E-state index contributed by atoms with van der Waals surface area (Å²) in [6.45, 7) is 4.30. The molecule has 0 fully saturated rings. The highest BCUT2D eigenvalue weighted by Gasteiger charge is 2.42. The number of amides is 1. The molecule has 1 atom stereocenters. The van der Waals surface area contributed by atoms with Crippen molar-refractivity contribution in [2.75, 3.05) is 27.9 Å². The molecule has 0 saturated heterocycles. The van der Waals surface area contributed by atoms with Crippen LogP contribution < -0.4 is 19.6 Å². The van der Waals surface area contributed by atoms with Gasteiger partial charge in [-0.05, 0) is 78.9 Å². The number of nitrogens with zero attached hydrogens (tertiary/aromatic N) is 1. The van der Waals surface area contributed by atoms with Gasteiger partial charge < -0.3 is 23.5 Å². The SMILES string of the molecule is COc1ccc(C2c3c(oc4cc(C)c(C)cc4c3=O)C(=O)N2CCc2ccc(OC)c(OC)c2)cc1. The summed E-state index contributed by atoms with van der Waals surface area (Å²) in [7, 11) is 4.78. The van der Waals surface area contributed by atoms with E-state index >= 15 is 0 Å². The van der Waals surface area contributed by atoms with Crippen LogP contribution in [0.15, 0.2) is 63.8 Å². The second kappa shape index (κ2) is 9.65. The van der Waals surface area contributed by atoms with Gasteiger partial charge in [-0.25, -0.2) is 0 Å². The van der Waals surface area contributed by atoms with Crippen LogP contribution in [0.2, 0.25) is 0 Å². The molecule has 4 aromatic rings. The number of carbonyl (C=O) groups is 1. The summed E-state index contributed by atoms with van der Waals surface area (Å²) in [6, 6.07) is 16.2. The lowest BCUT2D eigenvalue weighted by Gasteiger charge is -2.25. The monoisotopic (exact) mass is 499 g/mol. The largest absolute Gasteiger partial charge is 0.497 e. The summed E-state index contributed by atoms with van der Waals surface area (Å²) in [6.07, 6.45) is 0.554. The maximum absolute atomic E-state index is 13.8. The number of ether oxygens (including phenoxy) is 3. The molecule has 0 bridgehead atoms. The van der Waals surface area contributed by atoms with Gasteiger partial charge in [0.15, 0.2) is 16.9 Å². The first-order chi connectivity index (χ1) is 17.9. The van der Waals surface area contributed by atoms with E-state index in [1.54, 1.807) is 26.2 Å². The molecule has 0 spiro atoms. The number of fused-ring (bicyclic) bond motifs is 2. The van der Waals surface area contributed by atoms with Gasteiger partial charge in [0.1, 0.15) is 11.3 Å². The molecule has 5 rings (SSSR count). The molecule has 190 valence electrons. The molecule has 1 aromatic heterocycles. The van der Waals surface area contributed by atoms with Crippen molar-refractivity contribution < 1.29 is 23.4 Å². The first-order valence-corrected chi connectivity index (χ1v) is 12.1. The second-order valence-electron chi connectivity index (χ2n) is 9.22. The standard InChI is InChI=1S/C30H29NO6/c1-17-14-22-24(15-18(17)2)37-29-26(28(22)32)27(20-7-9-21(34-3)10-8-20)31(30(29)33)13-12-19-6-11-23(35-4)25(16-19)36-5/h6-11,14-16,27H,12-13H2,1-5H3. The maximum atomic E-state index is 13.8. The fourth-order valence-electron chi connectivity index (χ4n) is 4.92. The van der Waals surface area contributed by atoms with Gasteiger partial charge in [-0.3, -0.25) is 9.59 Å². The summed E-state index contributed by atoms with van der Waals surface area (Å²) >= 11 is 0. The van der Waals surface area contributed by atoms with Gasteiger partial charge in [0.2, 0.25) is 5.76 Å². The summed E-state index contributed by atoms with van der Waals surface area (Å²) < 4.78 is 22.2. The Balaban J connectivity index is 1.60. The third kappa shape index (κ3) is 4.20. The highest BCUT2D eigenvalue weighted by Crippen LogP contribution is 2.39. The molecule has 0 saturated carbocycles. The Morgan fingerprint density at radius 1 is 0.838 bits per heavy atom. The summed E-state index contributed by atoms with van der Waals surface area (Å²) in [5.74, 6) is 1.76. The number of carbonyl (C=O) groups excluding carboxylic acids is 1. The smallest absolute Gasteiger partial charge is 0.290 e. The zero-order chi connectivity index (χ0) is 26.3. The summed E-state index contributed by atoms with van der Waals surface area (Å²) in [5, 5.41) is 0.481. The number of methoxy groups -OCH3 is 3. The number of hydrogen-bond acceptors (Lipinski definition) is 6. The molecule has 37 heavy (non-hydrogen) atoms. The fraction of sp³-hybridized carbons (Fsp3) is 0.267. The minimum Gasteiger partial charge on any atom is -0.497 e. The van der Waals surface area contributed by atoms with Crippen LogP contribution in [0.4, 0.5) is 0 Å². The van der Waals surface area contributed by atoms with E-state index in [1.165, 1.54) is 0 Å². The maximum Gasteiger partial charge on any atom is 0.290 e. The van der Waals surface area contributed by atoms with E-state index in [0.717, 1.165) is 22.3 Å². The van der Waals surface area contributed by atoms with E-state index in [0.29, 0.717) is 46.7 Å². The lowest BCUT2D eigenvalue weighted by atomic mass is 9.97. The van der Waals surface area contributed by atoms with E-state index in [9.17, 15) is 9.59 Å². The van der Waals surface area contributed by atoms with E-state index in [2.05, 4.69) is 0 Å². The van der Waals surface area contributed by atoms with Crippen molar-refractivity contribution in [3.8, 4) is 17.2 Å². The summed E-state index contributed by atoms with van der Waals surface area (Å²) in [4.78, 5) is 29.3. The van der Waals surface area contributed by atoms with Gasteiger partial charge in [0.25, 0.3) is 5.91 Å². The lowest BCUT2D eigenvalue weighted by molar-refractivity contribution is 0.0730. The molecule has 1 amide bonds. The van der Waals surface area contributed by atoms with E-state index < -0.39 is 6.04 Å². The second-order valence-corrected chi connectivity index (χ2v) is 9.22. The number of rotatable bonds is 7. The Kier molecular flexibility index (Phi) is 6.38. The van der Waals surface area contributed by atoms with Crippen LogP contribution in [-0.4, -0.2) is 38.7 Å². The molecule has 7 nitrogen and oxygen atoms in total. The van der Waals surface area contributed by atoms with Crippen molar-refractivity contribution in [1.82, 2.24) is 4.90 Å². The van der Waals surface area contributed by atoms with Crippen molar-refractivity contribution >= 4 is 16.9 Å². The molecule has 1 aliphatic heterocycles. The van der Waals surface area contributed by atoms with Crippen LogP contribution in [-0.2, 0) is 6.42 Å². The Labute approximate surface area is 215 Å². The topological polar surface area (TPSA) is 78.2 Å². The van der Waals surface area contributed by atoms with Crippen LogP contribution in [0.25, 0.3) is 11.0 Å².